The van der Waals surface area contributed by atoms with Crippen LogP contribution in [0, 0.1) is 17.8 Å². The third kappa shape index (κ3) is 1.38. The SMILES string of the molecule is NCc1cc(N)n(C23CC4CC(CC(C4)C2)C3)n1. The quantitative estimate of drug-likeness (QED) is 0.836. The second kappa shape index (κ2) is 3.50. The summed E-state index contributed by atoms with van der Waals surface area (Å²) in [5.41, 5.74) is 13.0. The van der Waals surface area contributed by atoms with E-state index in [4.69, 9.17) is 11.5 Å². The fraction of sp³-hybridized carbons (Fsp3) is 0.786. The highest BCUT2D eigenvalue weighted by atomic mass is 15.4. The Morgan fingerprint density at radius 1 is 1.17 bits per heavy atom. The first-order valence-electron chi connectivity index (χ1n) is 7.23. The molecule has 0 unspecified atom stereocenters. The van der Waals surface area contributed by atoms with Crippen molar-refractivity contribution >= 4 is 5.82 Å². The number of nitrogen functional groups attached to an aromatic ring is 1. The van der Waals surface area contributed by atoms with Gasteiger partial charge < -0.3 is 11.5 Å². The summed E-state index contributed by atoms with van der Waals surface area (Å²) in [6, 6.07) is 1.96. The van der Waals surface area contributed by atoms with Crippen molar-refractivity contribution in [1.82, 2.24) is 9.78 Å². The van der Waals surface area contributed by atoms with Gasteiger partial charge >= 0.3 is 0 Å². The number of hydrogen-bond acceptors (Lipinski definition) is 3. The molecule has 0 radical (unpaired) electrons. The van der Waals surface area contributed by atoms with E-state index in [0.29, 0.717) is 6.54 Å². The van der Waals surface area contributed by atoms with Gasteiger partial charge in [0, 0.05) is 12.6 Å². The van der Waals surface area contributed by atoms with Gasteiger partial charge in [-0.3, -0.25) is 0 Å². The topological polar surface area (TPSA) is 69.9 Å². The highest BCUT2D eigenvalue weighted by Crippen LogP contribution is 2.59. The van der Waals surface area contributed by atoms with E-state index in [1.54, 1.807) is 0 Å². The van der Waals surface area contributed by atoms with Gasteiger partial charge in [-0.25, -0.2) is 4.68 Å². The maximum absolute atomic E-state index is 6.18. The summed E-state index contributed by atoms with van der Waals surface area (Å²) in [7, 11) is 0. The van der Waals surface area contributed by atoms with Gasteiger partial charge in [-0.1, -0.05) is 0 Å². The number of anilines is 1. The molecule has 0 aromatic carbocycles. The van der Waals surface area contributed by atoms with Crippen molar-refractivity contribution in [2.75, 3.05) is 5.73 Å². The highest BCUT2D eigenvalue weighted by molar-refractivity contribution is 5.33. The molecule has 5 rings (SSSR count). The molecule has 1 aromatic rings. The number of aromatic nitrogens is 2. The minimum absolute atomic E-state index is 0.228. The fourth-order valence-corrected chi connectivity index (χ4v) is 5.25. The number of hydrogen-bond donors (Lipinski definition) is 2. The van der Waals surface area contributed by atoms with Gasteiger partial charge in [-0.05, 0) is 56.3 Å². The molecule has 0 amide bonds. The number of rotatable bonds is 2. The zero-order valence-electron chi connectivity index (χ0n) is 10.8. The lowest BCUT2D eigenvalue weighted by Gasteiger charge is -2.56. The van der Waals surface area contributed by atoms with Crippen molar-refractivity contribution in [3.05, 3.63) is 11.8 Å². The van der Waals surface area contributed by atoms with E-state index >= 15 is 0 Å². The second-order valence-corrected chi connectivity index (χ2v) is 6.82. The van der Waals surface area contributed by atoms with Crippen LogP contribution in [0.3, 0.4) is 0 Å². The van der Waals surface area contributed by atoms with Crippen molar-refractivity contribution in [1.29, 1.82) is 0 Å². The first-order chi connectivity index (χ1) is 8.68. The Morgan fingerprint density at radius 2 is 1.72 bits per heavy atom. The van der Waals surface area contributed by atoms with Gasteiger partial charge in [-0.2, -0.15) is 5.10 Å². The third-order valence-corrected chi connectivity index (χ3v) is 5.45. The molecule has 0 aliphatic heterocycles. The van der Waals surface area contributed by atoms with Gasteiger partial charge in [0.25, 0.3) is 0 Å². The van der Waals surface area contributed by atoms with Crippen LogP contribution in [0.4, 0.5) is 5.82 Å². The smallest absolute Gasteiger partial charge is 0.122 e. The van der Waals surface area contributed by atoms with Crippen LogP contribution in [0.5, 0.6) is 0 Å². The van der Waals surface area contributed by atoms with Crippen molar-refractivity contribution < 1.29 is 0 Å². The largest absolute Gasteiger partial charge is 0.384 e. The predicted molar refractivity (Wildman–Crippen MR) is 70.7 cm³/mol. The molecule has 4 fully saturated rings. The fourth-order valence-electron chi connectivity index (χ4n) is 5.25. The summed E-state index contributed by atoms with van der Waals surface area (Å²) >= 11 is 0. The van der Waals surface area contributed by atoms with Crippen molar-refractivity contribution in [3.8, 4) is 0 Å². The zero-order valence-corrected chi connectivity index (χ0v) is 10.8. The minimum Gasteiger partial charge on any atom is -0.384 e. The van der Waals surface area contributed by atoms with E-state index in [1.807, 2.05) is 6.07 Å². The molecule has 4 bridgehead atoms. The van der Waals surface area contributed by atoms with Crippen LogP contribution < -0.4 is 11.5 Å². The standard InChI is InChI=1S/C14H22N4/c15-8-12-4-13(16)18(17-12)14-5-9-1-10(6-14)3-11(2-9)7-14/h4,9-11H,1-3,5-8,15-16H2. The summed E-state index contributed by atoms with van der Waals surface area (Å²) < 4.78 is 2.14. The Hall–Kier alpha value is -1.03. The van der Waals surface area contributed by atoms with Crippen LogP contribution in [-0.2, 0) is 12.1 Å². The average Bonchev–Trinajstić information content (AvgIpc) is 2.69. The van der Waals surface area contributed by atoms with E-state index in [-0.39, 0.29) is 5.54 Å². The molecule has 98 valence electrons. The molecule has 0 saturated heterocycles. The Morgan fingerprint density at radius 3 is 2.17 bits per heavy atom. The average molecular weight is 246 g/mol. The van der Waals surface area contributed by atoms with Gasteiger partial charge in [0.2, 0.25) is 0 Å². The van der Waals surface area contributed by atoms with Gasteiger partial charge in [0.05, 0.1) is 11.2 Å². The molecule has 4 aliphatic carbocycles. The van der Waals surface area contributed by atoms with Gasteiger partial charge in [0.1, 0.15) is 5.82 Å². The molecule has 18 heavy (non-hydrogen) atoms. The molecule has 4 saturated carbocycles. The Labute approximate surface area is 108 Å². The van der Waals surface area contributed by atoms with E-state index in [2.05, 4.69) is 9.78 Å². The lowest BCUT2D eigenvalue weighted by atomic mass is 9.53. The molecule has 1 heterocycles. The van der Waals surface area contributed by atoms with Gasteiger partial charge in [0.15, 0.2) is 0 Å². The first-order valence-corrected chi connectivity index (χ1v) is 7.23. The Balaban J connectivity index is 1.76. The molecule has 1 aromatic heterocycles. The van der Waals surface area contributed by atoms with Crippen LogP contribution in [0.15, 0.2) is 6.07 Å². The van der Waals surface area contributed by atoms with Gasteiger partial charge in [-0.15, -0.1) is 0 Å². The van der Waals surface area contributed by atoms with Crippen LogP contribution in [0.1, 0.15) is 44.2 Å². The van der Waals surface area contributed by atoms with E-state index < -0.39 is 0 Å². The first kappa shape index (κ1) is 10.9. The summed E-state index contributed by atoms with van der Waals surface area (Å²) in [5, 5.41) is 4.68. The van der Waals surface area contributed by atoms with Crippen LogP contribution in [0.25, 0.3) is 0 Å². The maximum atomic E-state index is 6.18. The second-order valence-electron chi connectivity index (χ2n) is 6.82. The van der Waals surface area contributed by atoms with E-state index in [1.165, 1.54) is 38.5 Å². The normalized spacial score (nSPS) is 41.5. The molecule has 0 atom stereocenters. The monoisotopic (exact) mass is 246 g/mol. The molecule has 4 aliphatic rings. The molecule has 0 spiro atoms. The molecule has 4 heteroatoms. The van der Waals surface area contributed by atoms with Crippen molar-refractivity contribution in [3.63, 3.8) is 0 Å². The van der Waals surface area contributed by atoms with Crippen LogP contribution >= 0.6 is 0 Å². The Kier molecular flexibility index (Phi) is 2.11. The minimum atomic E-state index is 0.228. The lowest BCUT2D eigenvalue weighted by Crippen LogP contribution is -2.52. The molecular weight excluding hydrogens is 224 g/mol. The van der Waals surface area contributed by atoms with Crippen LogP contribution in [-0.4, -0.2) is 9.78 Å². The molecule has 4 N–H and O–H groups in total. The van der Waals surface area contributed by atoms with Crippen molar-refractivity contribution in [2.24, 2.45) is 23.5 Å². The summed E-state index contributed by atoms with van der Waals surface area (Å²) in [6.45, 7) is 0.490. The highest BCUT2D eigenvalue weighted by Gasteiger charge is 2.52. The third-order valence-electron chi connectivity index (χ3n) is 5.45. The lowest BCUT2D eigenvalue weighted by molar-refractivity contribution is -0.0483. The molecular formula is C14H22N4. The molecule has 4 nitrogen and oxygen atoms in total. The van der Waals surface area contributed by atoms with E-state index in [0.717, 1.165) is 29.3 Å². The van der Waals surface area contributed by atoms with Crippen molar-refractivity contribution in [2.45, 2.75) is 50.6 Å². The number of nitrogens with zero attached hydrogens (tertiary/aromatic N) is 2. The predicted octanol–water partition coefficient (Wildman–Crippen LogP) is 1.85. The summed E-state index contributed by atoms with van der Waals surface area (Å²) in [5.74, 6) is 3.57. The maximum Gasteiger partial charge on any atom is 0.122 e. The van der Waals surface area contributed by atoms with Crippen LogP contribution in [0.2, 0.25) is 0 Å². The Bertz CT molecular complexity index is 441. The number of nitrogens with two attached hydrogens (primary N) is 2. The zero-order chi connectivity index (χ0) is 12.3. The van der Waals surface area contributed by atoms with E-state index in [9.17, 15) is 0 Å². The summed E-state index contributed by atoms with van der Waals surface area (Å²) in [4.78, 5) is 0. The summed E-state index contributed by atoms with van der Waals surface area (Å²) in [6.07, 6.45) is 8.21.